The van der Waals surface area contributed by atoms with Crippen LogP contribution in [0.15, 0.2) is 24.3 Å². The number of ether oxygens (including phenoxy) is 1. The third-order valence-corrected chi connectivity index (χ3v) is 3.38. The summed E-state index contributed by atoms with van der Waals surface area (Å²) >= 11 is 0. The van der Waals surface area contributed by atoms with Gasteiger partial charge in [-0.25, -0.2) is 0 Å². The lowest BCUT2D eigenvalue weighted by Gasteiger charge is -2.23. The van der Waals surface area contributed by atoms with Crippen molar-refractivity contribution in [3.8, 4) is 5.75 Å². The monoisotopic (exact) mass is 303 g/mol. The summed E-state index contributed by atoms with van der Waals surface area (Å²) in [7, 11) is 0. The lowest BCUT2D eigenvalue weighted by Crippen LogP contribution is -2.34. The molecular formula is C16H24F3NO. The van der Waals surface area contributed by atoms with Gasteiger partial charge in [-0.1, -0.05) is 39.0 Å². The average molecular weight is 303 g/mol. The molecule has 0 aliphatic rings. The van der Waals surface area contributed by atoms with E-state index in [0.717, 1.165) is 19.4 Å². The quantitative estimate of drug-likeness (QED) is 0.761. The van der Waals surface area contributed by atoms with Crippen molar-refractivity contribution in [1.29, 1.82) is 0 Å². The van der Waals surface area contributed by atoms with Gasteiger partial charge in [0.1, 0.15) is 5.75 Å². The lowest BCUT2D eigenvalue weighted by atomic mass is 9.96. The Morgan fingerprint density at radius 2 is 1.86 bits per heavy atom. The molecule has 0 fully saturated rings. The first-order valence-corrected chi connectivity index (χ1v) is 7.40. The van der Waals surface area contributed by atoms with E-state index >= 15 is 0 Å². The number of hydrogen-bond donors (Lipinski definition) is 1. The zero-order valence-electron chi connectivity index (χ0n) is 12.8. The molecule has 1 aromatic carbocycles. The third kappa shape index (κ3) is 6.85. The molecule has 0 spiro atoms. The first-order valence-electron chi connectivity index (χ1n) is 7.40. The Morgan fingerprint density at radius 3 is 2.43 bits per heavy atom. The van der Waals surface area contributed by atoms with Crippen LogP contribution in [0.1, 0.15) is 39.2 Å². The second-order valence-corrected chi connectivity index (χ2v) is 5.50. The van der Waals surface area contributed by atoms with Crippen LogP contribution in [0.5, 0.6) is 5.75 Å². The van der Waals surface area contributed by atoms with Crippen LogP contribution in [0.25, 0.3) is 0 Å². The highest BCUT2D eigenvalue weighted by Gasteiger charge is 2.32. The van der Waals surface area contributed by atoms with Gasteiger partial charge < -0.3 is 10.1 Å². The molecule has 0 saturated heterocycles. The zero-order chi connectivity index (χ0) is 15.9. The fourth-order valence-corrected chi connectivity index (χ4v) is 2.25. The molecule has 1 atom stereocenters. The molecule has 0 saturated carbocycles. The molecule has 0 aliphatic heterocycles. The average Bonchev–Trinajstić information content (AvgIpc) is 2.38. The van der Waals surface area contributed by atoms with E-state index in [1.807, 2.05) is 0 Å². The van der Waals surface area contributed by atoms with E-state index in [1.165, 1.54) is 6.07 Å². The number of nitrogens with one attached hydrogen (secondary N) is 1. The fraction of sp³-hybridized carbons (Fsp3) is 0.625. The Hall–Kier alpha value is -1.23. The summed E-state index contributed by atoms with van der Waals surface area (Å²) in [6.07, 6.45) is -2.26. The fourth-order valence-electron chi connectivity index (χ4n) is 2.25. The van der Waals surface area contributed by atoms with Crippen molar-refractivity contribution in [2.75, 3.05) is 6.54 Å². The van der Waals surface area contributed by atoms with Gasteiger partial charge in [0.05, 0.1) is 0 Å². The van der Waals surface area contributed by atoms with Crippen LogP contribution >= 0.6 is 0 Å². The number of alkyl halides is 3. The molecule has 0 amide bonds. The van der Waals surface area contributed by atoms with Crippen LogP contribution < -0.4 is 10.1 Å². The van der Waals surface area contributed by atoms with Crippen molar-refractivity contribution < 1.29 is 17.9 Å². The summed E-state index contributed by atoms with van der Waals surface area (Å²) in [4.78, 5) is 0. The summed E-state index contributed by atoms with van der Waals surface area (Å²) < 4.78 is 41.2. The standard InChI is InChI=1S/C16H24F3NO/c1-4-11-20-14(12(2)3)10-9-13-7-5-6-8-15(13)21-16(17,18)19/h5-8,12,14,20H,4,9-11H2,1-3H3. The summed E-state index contributed by atoms with van der Waals surface area (Å²) in [5.41, 5.74) is 0.596. The molecule has 5 heteroatoms. The van der Waals surface area contributed by atoms with Gasteiger partial charge >= 0.3 is 6.36 Å². The van der Waals surface area contributed by atoms with Crippen LogP contribution in [0, 0.1) is 5.92 Å². The van der Waals surface area contributed by atoms with Crippen molar-refractivity contribution >= 4 is 0 Å². The topological polar surface area (TPSA) is 21.3 Å². The minimum atomic E-state index is -4.64. The zero-order valence-corrected chi connectivity index (χ0v) is 12.8. The van der Waals surface area contributed by atoms with Gasteiger partial charge in [-0.05, 0) is 43.4 Å². The normalized spacial score (nSPS) is 13.5. The van der Waals surface area contributed by atoms with E-state index in [2.05, 4.69) is 30.8 Å². The summed E-state index contributed by atoms with van der Waals surface area (Å²) in [6, 6.07) is 6.65. The molecule has 1 aromatic rings. The molecular weight excluding hydrogens is 279 g/mol. The van der Waals surface area contributed by atoms with Gasteiger partial charge in [-0.2, -0.15) is 0 Å². The highest BCUT2D eigenvalue weighted by molar-refractivity contribution is 5.33. The Labute approximate surface area is 124 Å². The Morgan fingerprint density at radius 1 is 1.19 bits per heavy atom. The van der Waals surface area contributed by atoms with Crippen molar-refractivity contribution in [2.24, 2.45) is 5.92 Å². The molecule has 120 valence electrons. The Kier molecular flexibility index (Phi) is 7.02. The van der Waals surface area contributed by atoms with Crippen LogP contribution in [-0.2, 0) is 6.42 Å². The third-order valence-electron chi connectivity index (χ3n) is 3.38. The maximum atomic E-state index is 12.4. The van der Waals surface area contributed by atoms with Gasteiger partial charge in [0.2, 0.25) is 0 Å². The maximum absolute atomic E-state index is 12.4. The molecule has 1 rings (SSSR count). The van der Waals surface area contributed by atoms with E-state index in [9.17, 15) is 13.2 Å². The second-order valence-electron chi connectivity index (χ2n) is 5.50. The van der Waals surface area contributed by atoms with Gasteiger partial charge in [-0.15, -0.1) is 13.2 Å². The van der Waals surface area contributed by atoms with Crippen molar-refractivity contribution in [1.82, 2.24) is 5.32 Å². The van der Waals surface area contributed by atoms with Crippen LogP contribution in [0.3, 0.4) is 0 Å². The molecule has 1 N–H and O–H groups in total. The van der Waals surface area contributed by atoms with E-state index in [0.29, 0.717) is 23.9 Å². The highest BCUT2D eigenvalue weighted by atomic mass is 19.4. The molecule has 0 radical (unpaired) electrons. The van der Waals surface area contributed by atoms with Gasteiger partial charge in [-0.3, -0.25) is 0 Å². The SMILES string of the molecule is CCCNC(CCc1ccccc1OC(F)(F)F)C(C)C. The van der Waals surface area contributed by atoms with Crippen LogP contribution in [-0.4, -0.2) is 18.9 Å². The van der Waals surface area contributed by atoms with Gasteiger partial charge in [0, 0.05) is 6.04 Å². The molecule has 0 aliphatic carbocycles. The Bertz CT molecular complexity index is 418. The maximum Gasteiger partial charge on any atom is 0.573 e. The molecule has 1 unspecified atom stereocenters. The van der Waals surface area contributed by atoms with Crippen molar-refractivity contribution in [2.45, 2.75) is 52.4 Å². The molecule has 2 nitrogen and oxygen atoms in total. The van der Waals surface area contributed by atoms with Crippen LogP contribution in [0.2, 0.25) is 0 Å². The Balaban J connectivity index is 2.69. The minimum absolute atomic E-state index is 0.0944. The smallest absolute Gasteiger partial charge is 0.406 e. The second kappa shape index (κ2) is 8.27. The molecule has 0 aromatic heterocycles. The van der Waals surface area contributed by atoms with E-state index in [4.69, 9.17) is 0 Å². The number of para-hydroxylation sites is 1. The largest absolute Gasteiger partial charge is 0.573 e. The molecule has 0 bridgehead atoms. The number of aryl methyl sites for hydroxylation is 1. The molecule has 21 heavy (non-hydrogen) atoms. The molecule has 0 heterocycles. The number of rotatable bonds is 8. The van der Waals surface area contributed by atoms with E-state index in [-0.39, 0.29) is 5.75 Å². The summed E-state index contributed by atoms with van der Waals surface area (Å²) in [6.45, 7) is 7.25. The van der Waals surface area contributed by atoms with Crippen LogP contribution in [0.4, 0.5) is 13.2 Å². The summed E-state index contributed by atoms with van der Waals surface area (Å²) in [5, 5.41) is 3.44. The summed E-state index contributed by atoms with van der Waals surface area (Å²) in [5.74, 6) is 0.343. The predicted octanol–water partition coefficient (Wildman–Crippen LogP) is 4.54. The van der Waals surface area contributed by atoms with Crippen molar-refractivity contribution in [3.63, 3.8) is 0 Å². The predicted molar refractivity (Wildman–Crippen MR) is 78.4 cm³/mol. The number of halogens is 3. The highest BCUT2D eigenvalue weighted by Crippen LogP contribution is 2.27. The van der Waals surface area contributed by atoms with Gasteiger partial charge in [0.15, 0.2) is 0 Å². The van der Waals surface area contributed by atoms with E-state index < -0.39 is 6.36 Å². The van der Waals surface area contributed by atoms with E-state index in [1.54, 1.807) is 18.2 Å². The lowest BCUT2D eigenvalue weighted by molar-refractivity contribution is -0.274. The van der Waals surface area contributed by atoms with Gasteiger partial charge in [0.25, 0.3) is 0 Å². The first kappa shape index (κ1) is 17.8. The number of hydrogen-bond acceptors (Lipinski definition) is 2. The number of benzene rings is 1. The first-order chi connectivity index (χ1) is 9.83. The minimum Gasteiger partial charge on any atom is -0.406 e. The van der Waals surface area contributed by atoms with Crippen molar-refractivity contribution in [3.05, 3.63) is 29.8 Å².